The molecule has 1 N–H and O–H groups in total. The molecule has 2 atom stereocenters. The number of ether oxygens (including phenoxy) is 2. The number of hydrogen-bond donors (Lipinski definition) is 1. The fourth-order valence-corrected chi connectivity index (χ4v) is 2.28. The van der Waals surface area contributed by atoms with Gasteiger partial charge in [-0.2, -0.15) is 0 Å². The lowest BCUT2D eigenvalue weighted by atomic mass is 9.94. The fraction of sp³-hybridized carbons (Fsp3) is 1.00. The van der Waals surface area contributed by atoms with E-state index >= 15 is 0 Å². The normalized spacial score (nSPS) is 28.6. The van der Waals surface area contributed by atoms with Crippen LogP contribution in [0.3, 0.4) is 0 Å². The molecular weight excluding hydrogens is 218 g/mol. The monoisotopic (exact) mass is 245 g/mol. The highest BCUT2D eigenvalue weighted by Crippen LogP contribution is 2.23. The summed E-state index contributed by atoms with van der Waals surface area (Å²) in [4.78, 5) is 2.27. The van der Waals surface area contributed by atoms with Crippen LogP contribution in [0.4, 0.5) is 0 Å². The van der Waals surface area contributed by atoms with E-state index in [9.17, 15) is 5.11 Å². The van der Waals surface area contributed by atoms with Gasteiger partial charge in [0.25, 0.3) is 0 Å². The zero-order valence-electron chi connectivity index (χ0n) is 11.6. The molecule has 0 saturated carbocycles. The third-order valence-corrected chi connectivity index (χ3v) is 3.32. The van der Waals surface area contributed by atoms with Gasteiger partial charge in [-0.1, -0.05) is 0 Å². The summed E-state index contributed by atoms with van der Waals surface area (Å²) in [6, 6.07) is 0. The van der Waals surface area contributed by atoms with Crippen LogP contribution in [0.1, 0.15) is 33.6 Å². The topological polar surface area (TPSA) is 41.9 Å². The summed E-state index contributed by atoms with van der Waals surface area (Å²) >= 11 is 0. The Labute approximate surface area is 105 Å². The molecule has 1 aliphatic heterocycles. The summed E-state index contributed by atoms with van der Waals surface area (Å²) < 4.78 is 10.9. The number of methoxy groups -OCH3 is 1. The number of aliphatic hydroxyl groups is 1. The first-order valence-electron chi connectivity index (χ1n) is 6.52. The number of likely N-dealkylation sites (tertiary alicyclic amines) is 1. The minimum absolute atomic E-state index is 0.0587. The fourth-order valence-electron chi connectivity index (χ4n) is 2.28. The van der Waals surface area contributed by atoms with E-state index in [0.717, 1.165) is 25.9 Å². The summed E-state index contributed by atoms with van der Waals surface area (Å²) in [7, 11) is 1.77. The molecule has 0 aliphatic carbocycles. The smallest absolute Gasteiger partial charge is 0.0900 e. The number of piperidine rings is 1. The second-order valence-electron chi connectivity index (χ2n) is 5.53. The van der Waals surface area contributed by atoms with Crippen LogP contribution in [0.25, 0.3) is 0 Å². The van der Waals surface area contributed by atoms with Gasteiger partial charge in [0.05, 0.1) is 24.4 Å². The van der Waals surface area contributed by atoms with Crippen molar-refractivity contribution in [3.63, 3.8) is 0 Å². The van der Waals surface area contributed by atoms with Crippen molar-refractivity contribution in [3.05, 3.63) is 0 Å². The summed E-state index contributed by atoms with van der Waals surface area (Å²) in [5, 5.41) is 9.89. The summed E-state index contributed by atoms with van der Waals surface area (Å²) in [5.41, 5.74) is -0.0587. The zero-order chi connectivity index (χ0) is 12.9. The number of hydrogen-bond acceptors (Lipinski definition) is 4. The molecule has 1 rings (SSSR count). The van der Waals surface area contributed by atoms with Crippen LogP contribution in [0.5, 0.6) is 0 Å². The van der Waals surface area contributed by atoms with Gasteiger partial charge in [0.1, 0.15) is 0 Å². The maximum Gasteiger partial charge on any atom is 0.0900 e. The molecule has 0 amide bonds. The van der Waals surface area contributed by atoms with Gasteiger partial charge in [-0.25, -0.2) is 0 Å². The highest BCUT2D eigenvalue weighted by Gasteiger charge is 2.31. The van der Waals surface area contributed by atoms with Gasteiger partial charge < -0.3 is 14.6 Å². The van der Waals surface area contributed by atoms with Crippen LogP contribution in [0, 0.1) is 0 Å². The molecule has 102 valence electrons. The molecule has 0 radical (unpaired) electrons. The van der Waals surface area contributed by atoms with Crippen LogP contribution >= 0.6 is 0 Å². The van der Waals surface area contributed by atoms with E-state index in [0.29, 0.717) is 13.2 Å². The first kappa shape index (κ1) is 14.9. The maximum atomic E-state index is 9.89. The van der Waals surface area contributed by atoms with Crippen LogP contribution in [0.15, 0.2) is 0 Å². The largest absolute Gasteiger partial charge is 0.389 e. The van der Waals surface area contributed by atoms with E-state index in [1.807, 2.05) is 13.8 Å². The molecule has 1 saturated heterocycles. The van der Waals surface area contributed by atoms with Gasteiger partial charge in [-0.05, 0) is 40.2 Å². The lowest BCUT2D eigenvalue weighted by Gasteiger charge is -2.40. The molecular formula is C13H27NO3. The molecule has 0 bridgehead atoms. The van der Waals surface area contributed by atoms with Crippen molar-refractivity contribution in [1.29, 1.82) is 0 Å². The molecule has 1 aliphatic rings. The third kappa shape index (κ3) is 5.34. The second-order valence-corrected chi connectivity index (χ2v) is 5.53. The lowest BCUT2D eigenvalue weighted by Crippen LogP contribution is -2.50. The lowest BCUT2D eigenvalue weighted by molar-refractivity contribution is -0.0677. The highest BCUT2D eigenvalue weighted by atomic mass is 16.5. The standard InChI is InChI=1S/C13H27NO3/c1-11(2)17-9-12(15)8-14-7-5-6-13(3,10-14)16-4/h11-12,15H,5-10H2,1-4H3. The summed E-state index contributed by atoms with van der Waals surface area (Å²) in [5.74, 6) is 0. The van der Waals surface area contributed by atoms with E-state index in [4.69, 9.17) is 9.47 Å². The van der Waals surface area contributed by atoms with E-state index in [1.54, 1.807) is 7.11 Å². The Hall–Kier alpha value is -0.160. The van der Waals surface area contributed by atoms with Gasteiger partial charge in [0.2, 0.25) is 0 Å². The van der Waals surface area contributed by atoms with E-state index < -0.39 is 6.10 Å². The minimum atomic E-state index is -0.406. The highest BCUT2D eigenvalue weighted by molar-refractivity contribution is 4.85. The number of rotatable bonds is 6. The number of aliphatic hydroxyl groups excluding tert-OH is 1. The van der Waals surface area contributed by atoms with Crippen molar-refractivity contribution in [1.82, 2.24) is 4.90 Å². The van der Waals surface area contributed by atoms with Crippen molar-refractivity contribution >= 4 is 0 Å². The van der Waals surface area contributed by atoms with Gasteiger partial charge >= 0.3 is 0 Å². The van der Waals surface area contributed by atoms with Crippen molar-refractivity contribution in [3.8, 4) is 0 Å². The predicted molar refractivity (Wildman–Crippen MR) is 68.2 cm³/mol. The molecule has 1 fully saturated rings. The van der Waals surface area contributed by atoms with E-state index in [-0.39, 0.29) is 11.7 Å². The van der Waals surface area contributed by atoms with E-state index in [1.165, 1.54) is 0 Å². The van der Waals surface area contributed by atoms with Gasteiger partial charge in [0, 0.05) is 20.2 Å². The number of β-amino-alcohol motifs (C(OH)–C–C–N with tert-alkyl or cyclic N) is 1. The molecule has 0 spiro atoms. The van der Waals surface area contributed by atoms with Gasteiger partial charge in [-0.15, -0.1) is 0 Å². The SMILES string of the molecule is COC1(C)CCCN(CC(O)COC(C)C)C1. The minimum Gasteiger partial charge on any atom is -0.389 e. The molecule has 1 heterocycles. The first-order valence-corrected chi connectivity index (χ1v) is 6.52. The Morgan fingerprint density at radius 1 is 1.41 bits per heavy atom. The number of nitrogens with zero attached hydrogens (tertiary/aromatic N) is 1. The van der Waals surface area contributed by atoms with Crippen LogP contribution in [0.2, 0.25) is 0 Å². The van der Waals surface area contributed by atoms with Gasteiger partial charge in [0.15, 0.2) is 0 Å². The van der Waals surface area contributed by atoms with E-state index in [2.05, 4.69) is 11.8 Å². The van der Waals surface area contributed by atoms with Crippen LogP contribution in [-0.4, -0.2) is 61.2 Å². The van der Waals surface area contributed by atoms with Crippen molar-refractivity contribution in [2.24, 2.45) is 0 Å². The van der Waals surface area contributed by atoms with Crippen LogP contribution < -0.4 is 0 Å². The average molecular weight is 245 g/mol. The summed E-state index contributed by atoms with van der Waals surface area (Å²) in [6.45, 7) is 9.12. The van der Waals surface area contributed by atoms with Crippen molar-refractivity contribution < 1.29 is 14.6 Å². The zero-order valence-corrected chi connectivity index (χ0v) is 11.6. The Balaban J connectivity index is 2.30. The molecule has 2 unspecified atom stereocenters. The average Bonchev–Trinajstić information content (AvgIpc) is 2.26. The van der Waals surface area contributed by atoms with Crippen molar-refractivity contribution in [2.75, 3.05) is 33.4 Å². The third-order valence-electron chi connectivity index (χ3n) is 3.32. The Bertz CT molecular complexity index is 223. The molecule has 0 aromatic rings. The Morgan fingerprint density at radius 3 is 2.71 bits per heavy atom. The Morgan fingerprint density at radius 2 is 2.12 bits per heavy atom. The van der Waals surface area contributed by atoms with Crippen molar-refractivity contribution in [2.45, 2.75) is 51.4 Å². The molecule has 4 heteroatoms. The Kier molecular flexibility index (Phi) is 5.86. The van der Waals surface area contributed by atoms with Gasteiger partial charge in [-0.3, -0.25) is 4.90 Å². The summed E-state index contributed by atoms with van der Waals surface area (Å²) in [6.07, 6.45) is 1.99. The molecule has 0 aromatic carbocycles. The molecule has 4 nitrogen and oxygen atoms in total. The quantitative estimate of drug-likeness (QED) is 0.765. The maximum absolute atomic E-state index is 9.89. The van der Waals surface area contributed by atoms with Crippen LogP contribution in [-0.2, 0) is 9.47 Å². The molecule has 17 heavy (non-hydrogen) atoms. The first-order chi connectivity index (χ1) is 7.95. The second kappa shape index (κ2) is 6.69. The predicted octanol–water partition coefficient (Wildman–Crippen LogP) is 1.27. The molecule has 0 aromatic heterocycles.